The first-order chi connectivity index (χ1) is 7.27. The van der Waals surface area contributed by atoms with Crippen molar-refractivity contribution in [3.8, 4) is 5.75 Å². The van der Waals surface area contributed by atoms with Crippen LogP contribution in [0.1, 0.15) is 17.7 Å². The normalized spacial score (nSPS) is 11.9. The fourth-order valence-corrected chi connectivity index (χ4v) is 1.84. The van der Waals surface area contributed by atoms with Crippen LogP contribution < -0.4 is 9.88 Å². The number of aryl methyl sites for hydroxylation is 1. The minimum atomic E-state index is -4.09. The zero-order valence-electron chi connectivity index (χ0n) is 8.57. The Kier molecular flexibility index (Phi) is 3.44. The van der Waals surface area contributed by atoms with Crippen molar-refractivity contribution < 1.29 is 21.9 Å². The fourth-order valence-electron chi connectivity index (χ4n) is 1.15. The third kappa shape index (κ3) is 2.45. The number of rotatable bonds is 3. The van der Waals surface area contributed by atoms with Crippen molar-refractivity contribution in [3.05, 3.63) is 17.3 Å². The molecule has 0 amide bonds. The monoisotopic (exact) mass is 252 g/mol. The SMILES string of the molecule is COc1cc(C(F)F)c(C)nc1S(N)(=O)=O. The van der Waals surface area contributed by atoms with Gasteiger partial charge in [-0.2, -0.15) is 0 Å². The van der Waals surface area contributed by atoms with Gasteiger partial charge in [-0.25, -0.2) is 27.3 Å². The van der Waals surface area contributed by atoms with E-state index in [4.69, 9.17) is 5.14 Å². The van der Waals surface area contributed by atoms with E-state index in [1.54, 1.807) is 0 Å². The third-order valence-corrected chi connectivity index (χ3v) is 2.74. The van der Waals surface area contributed by atoms with Gasteiger partial charge in [0, 0.05) is 11.3 Å². The Morgan fingerprint density at radius 2 is 2.06 bits per heavy atom. The Morgan fingerprint density at radius 3 is 2.44 bits per heavy atom. The van der Waals surface area contributed by atoms with Crippen LogP contribution in [-0.2, 0) is 10.0 Å². The minimum absolute atomic E-state index is 0.0974. The van der Waals surface area contributed by atoms with Crippen molar-refractivity contribution in [2.45, 2.75) is 18.4 Å². The second-order valence-electron chi connectivity index (χ2n) is 3.02. The number of ether oxygens (including phenoxy) is 1. The Bertz CT molecular complexity index is 502. The van der Waals surface area contributed by atoms with Gasteiger partial charge in [0.05, 0.1) is 7.11 Å². The van der Waals surface area contributed by atoms with Crippen LogP contribution >= 0.6 is 0 Å². The highest BCUT2D eigenvalue weighted by Crippen LogP contribution is 2.29. The maximum Gasteiger partial charge on any atom is 0.265 e. The van der Waals surface area contributed by atoms with Crippen LogP contribution in [0.15, 0.2) is 11.1 Å². The summed E-state index contributed by atoms with van der Waals surface area (Å²) < 4.78 is 51.8. The van der Waals surface area contributed by atoms with Crippen LogP contribution in [0.5, 0.6) is 5.75 Å². The molecule has 0 saturated carbocycles. The lowest BCUT2D eigenvalue weighted by Gasteiger charge is -2.10. The molecule has 2 N–H and O–H groups in total. The van der Waals surface area contributed by atoms with Crippen LogP contribution in [0.25, 0.3) is 0 Å². The molecule has 90 valence electrons. The molecule has 0 aliphatic rings. The fraction of sp³-hybridized carbons (Fsp3) is 0.375. The molecule has 0 unspecified atom stereocenters. The van der Waals surface area contributed by atoms with Gasteiger partial charge in [-0.1, -0.05) is 0 Å². The van der Waals surface area contributed by atoms with E-state index >= 15 is 0 Å². The average molecular weight is 252 g/mol. The van der Waals surface area contributed by atoms with Gasteiger partial charge in [-0.15, -0.1) is 0 Å². The molecule has 1 rings (SSSR count). The summed E-state index contributed by atoms with van der Waals surface area (Å²) in [6.07, 6.45) is -2.75. The molecule has 8 heteroatoms. The molecule has 1 aromatic rings. The van der Waals surface area contributed by atoms with Crippen molar-refractivity contribution in [1.82, 2.24) is 4.98 Å². The molecule has 0 atom stereocenters. The Morgan fingerprint density at radius 1 is 1.50 bits per heavy atom. The standard InChI is InChI=1S/C8H10F2N2O3S/c1-4-5(7(9)10)3-6(15-2)8(12-4)16(11,13)14/h3,7H,1-2H3,(H2,11,13,14). The van der Waals surface area contributed by atoms with E-state index < -0.39 is 21.5 Å². The maximum atomic E-state index is 12.5. The van der Waals surface area contributed by atoms with Gasteiger partial charge in [-0.05, 0) is 13.0 Å². The number of nitrogens with zero attached hydrogens (tertiary/aromatic N) is 1. The largest absolute Gasteiger partial charge is 0.494 e. The predicted octanol–water partition coefficient (Wildman–Crippen LogP) is 0.984. The van der Waals surface area contributed by atoms with Crippen LogP contribution in [0.3, 0.4) is 0 Å². The number of hydrogen-bond donors (Lipinski definition) is 1. The molecule has 1 aromatic heterocycles. The first kappa shape index (κ1) is 12.8. The summed E-state index contributed by atoms with van der Waals surface area (Å²) in [7, 11) is -2.94. The second-order valence-corrected chi connectivity index (χ2v) is 4.49. The smallest absolute Gasteiger partial charge is 0.265 e. The number of methoxy groups -OCH3 is 1. The van der Waals surface area contributed by atoms with Crippen molar-refractivity contribution in [3.63, 3.8) is 0 Å². The van der Waals surface area contributed by atoms with E-state index in [-0.39, 0.29) is 17.0 Å². The second kappa shape index (κ2) is 4.30. The number of nitrogens with two attached hydrogens (primary N) is 1. The quantitative estimate of drug-likeness (QED) is 0.869. The summed E-state index contributed by atoms with van der Waals surface area (Å²) in [4.78, 5) is 3.52. The number of aromatic nitrogens is 1. The Labute approximate surface area is 91.3 Å². The van der Waals surface area contributed by atoms with Crippen LogP contribution in [0.2, 0.25) is 0 Å². The van der Waals surface area contributed by atoms with E-state index in [0.29, 0.717) is 0 Å². The van der Waals surface area contributed by atoms with E-state index in [9.17, 15) is 17.2 Å². The zero-order valence-corrected chi connectivity index (χ0v) is 9.38. The molecular formula is C8H10F2N2O3S. The average Bonchev–Trinajstić information content (AvgIpc) is 2.15. The molecular weight excluding hydrogens is 242 g/mol. The third-order valence-electron chi connectivity index (χ3n) is 1.91. The number of sulfonamides is 1. The number of pyridine rings is 1. The van der Waals surface area contributed by atoms with Crippen molar-refractivity contribution in [2.75, 3.05) is 7.11 Å². The van der Waals surface area contributed by atoms with Gasteiger partial charge >= 0.3 is 0 Å². The highest BCUT2D eigenvalue weighted by atomic mass is 32.2. The van der Waals surface area contributed by atoms with Gasteiger partial charge in [-0.3, -0.25) is 0 Å². The number of primary sulfonamides is 1. The lowest BCUT2D eigenvalue weighted by atomic mass is 10.2. The summed E-state index contributed by atoms with van der Waals surface area (Å²) in [5.74, 6) is -0.289. The summed E-state index contributed by atoms with van der Waals surface area (Å²) in [5.41, 5.74) is -0.482. The number of hydrogen-bond acceptors (Lipinski definition) is 4. The zero-order chi connectivity index (χ0) is 12.5. The molecule has 16 heavy (non-hydrogen) atoms. The lowest BCUT2D eigenvalue weighted by molar-refractivity contribution is 0.149. The predicted molar refractivity (Wildman–Crippen MR) is 51.9 cm³/mol. The molecule has 1 heterocycles. The molecule has 0 aliphatic carbocycles. The van der Waals surface area contributed by atoms with Crippen molar-refractivity contribution in [1.29, 1.82) is 0 Å². The van der Waals surface area contributed by atoms with Gasteiger partial charge in [0.15, 0.2) is 5.75 Å². The number of alkyl halides is 2. The van der Waals surface area contributed by atoms with Crippen LogP contribution in [-0.4, -0.2) is 20.5 Å². The molecule has 0 fully saturated rings. The lowest BCUT2D eigenvalue weighted by Crippen LogP contribution is -2.16. The molecule has 0 bridgehead atoms. The molecule has 0 spiro atoms. The highest BCUT2D eigenvalue weighted by Gasteiger charge is 2.22. The summed E-state index contributed by atoms with van der Waals surface area (Å²) >= 11 is 0. The Balaban J connectivity index is 3.51. The first-order valence-corrected chi connectivity index (χ1v) is 5.68. The van der Waals surface area contributed by atoms with Gasteiger partial charge in [0.2, 0.25) is 5.03 Å². The summed E-state index contributed by atoms with van der Waals surface area (Å²) in [6, 6.07) is 0.923. The van der Waals surface area contributed by atoms with Gasteiger partial charge < -0.3 is 4.74 Å². The van der Waals surface area contributed by atoms with E-state index in [1.807, 2.05) is 0 Å². The number of halogens is 2. The van der Waals surface area contributed by atoms with E-state index in [0.717, 1.165) is 13.2 Å². The summed E-state index contributed by atoms with van der Waals surface area (Å²) in [5, 5.41) is 4.33. The van der Waals surface area contributed by atoms with Crippen LogP contribution in [0.4, 0.5) is 8.78 Å². The molecule has 0 saturated heterocycles. The summed E-state index contributed by atoms with van der Waals surface area (Å²) in [6.45, 7) is 1.27. The molecule has 0 aromatic carbocycles. The minimum Gasteiger partial charge on any atom is -0.494 e. The van der Waals surface area contributed by atoms with Gasteiger partial charge in [0.25, 0.3) is 16.4 Å². The Hall–Kier alpha value is -1.28. The molecule has 0 aliphatic heterocycles. The molecule has 5 nitrogen and oxygen atoms in total. The first-order valence-electron chi connectivity index (χ1n) is 4.14. The maximum absolute atomic E-state index is 12.5. The van der Waals surface area contributed by atoms with Crippen molar-refractivity contribution >= 4 is 10.0 Å². The van der Waals surface area contributed by atoms with Crippen molar-refractivity contribution in [2.24, 2.45) is 5.14 Å². The topological polar surface area (TPSA) is 82.3 Å². The van der Waals surface area contributed by atoms with Gasteiger partial charge in [0.1, 0.15) is 0 Å². The van der Waals surface area contributed by atoms with E-state index in [1.165, 1.54) is 6.92 Å². The highest BCUT2D eigenvalue weighted by molar-refractivity contribution is 7.89. The van der Waals surface area contributed by atoms with Crippen LogP contribution in [0, 0.1) is 6.92 Å². The molecule has 0 radical (unpaired) electrons. The van der Waals surface area contributed by atoms with E-state index in [2.05, 4.69) is 9.72 Å².